The summed E-state index contributed by atoms with van der Waals surface area (Å²) in [6.07, 6.45) is -10.5. The number of allylic oxidation sites excluding steroid dienone is 1. The van der Waals surface area contributed by atoms with Gasteiger partial charge in [0.25, 0.3) is 0 Å². The lowest BCUT2D eigenvalue weighted by atomic mass is 9.80. The predicted octanol–water partition coefficient (Wildman–Crippen LogP) is 4.10. The maximum atomic E-state index is 12.6. The number of alkyl halides is 6. The lowest BCUT2D eigenvalue weighted by molar-refractivity contribution is -0.205. The van der Waals surface area contributed by atoms with Gasteiger partial charge in [0, 0.05) is 7.11 Å². The van der Waals surface area contributed by atoms with Crippen molar-refractivity contribution in [1.82, 2.24) is 0 Å². The second-order valence-electron chi connectivity index (χ2n) is 4.45. The SMILES string of the molecule is COC(C)C1=CC(C(F)(F)F)CC(C(F)(F)F)C1. The van der Waals surface area contributed by atoms with Crippen LogP contribution >= 0.6 is 0 Å². The molecule has 0 spiro atoms. The van der Waals surface area contributed by atoms with Gasteiger partial charge in [-0.15, -0.1) is 0 Å². The monoisotopic (exact) mass is 276 g/mol. The Morgan fingerprint density at radius 1 is 1.17 bits per heavy atom. The molecule has 0 N–H and O–H groups in total. The van der Waals surface area contributed by atoms with Gasteiger partial charge in [-0.1, -0.05) is 6.08 Å². The summed E-state index contributed by atoms with van der Waals surface area (Å²) in [5.74, 6) is -4.01. The van der Waals surface area contributed by atoms with Crippen molar-refractivity contribution in [3.8, 4) is 0 Å². The number of rotatable bonds is 2. The third-order valence-corrected chi connectivity index (χ3v) is 3.19. The van der Waals surface area contributed by atoms with Crippen LogP contribution in [-0.2, 0) is 4.74 Å². The molecule has 0 fully saturated rings. The Bertz CT molecular complexity index is 316. The van der Waals surface area contributed by atoms with E-state index in [4.69, 9.17) is 4.74 Å². The van der Waals surface area contributed by atoms with Crippen LogP contribution in [0.3, 0.4) is 0 Å². The normalized spacial score (nSPS) is 27.9. The average Bonchev–Trinajstić information content (AvgIpc) is 2.25. The zero-order chi connectivity index (χ0) is 14.1. The van der Waals surface area contributed by atoms with Crippen molar-refractivity contribution in [2.24, 2.45) is 11.8 Å². The summed E-state index contributed by atoms with van der Waals surface area (Å²) in [5.41, 5.74) is 0.0633. The molecule has 0 bridgehead atoms. The zero-order valence-corrected chi connectivity index (χ0v) is 9.90. The molecule has 7 heteroatoms. The van der Waals surface area contributed by atoms with E-state index >= 15 is 0 Å². The molecule has 1 aliphatic carbocycles. The first-order valence-electron chi connectivity index (χ1n) is 5.42. The Labute approximate surface area is 101 Å². The summed E-state index contributed by atoms with van der Waals surface area (Å²) in [4.78, 5) is 0. The van der Waals surface area contributed by atoms with Gasteiger partial charge >= 0.3 is 12.4 Å². The van der Waals surface area contributed by atoms with E-state index in [0.29, 0.717) is 0 Å². The highest BCUT2D eigenvalue weighted by atomic mass is 19.4. The van der Waals surface area contributed by atoms with E-state index in [-0.39, 0.29) is 5.57 Å². The summed E-state index contributed by atoms with van der Waals surface area (Å²) in [7, 11) is 1.26. The molecule has 0 aromatic carbocycles. The van der Waals surface area contributed by atoms with E-state index < -0.39 is 43.1 Å². The molecule has 1 nitrogen and oxygen atoms in total. The van der Waals surface area contributed by atoms with E-state index in [9.17, 15) is 26.3 Å². The summed E-state index contributed by atoms with van der Waals surface area (Å²) in [5, 5.41) is 0. The summed E-state index contributed by atoms with van der Waals surface area (Å²) >= 11 is 0. The van der Waals surface area contributed by atoms with E-state index in [1.54, 1.807) is 0 Å². The van der Waals surface area contributed by atoms with Crippen LogP contribution in [0.1, 0.15) is 19.8 Å². The van der Waals surface area contributed by atoms with Gasteiger partial charge < -0.3 is 4.74 Å². The smallest absolute Gasteiger partial charge is 0.377 e. The Balaban J connectivity index is 3.00. The Hall–Kier alpha value is -0.720. The number of methoxy groups -OCH3 is 1. The van der Waals surface area contributed by atoms with Crippen LogP contribution in [-0.4, -0.2) is 25.6 Å². The minimum absolute atomic E-state index is 0.0633. The molecule has 0 saturated carbocycles. The van der Waals surface area contributed by atoms with Gasteiger partial charge in [0.2, 0.25) is 0 Å². The largest absolute Gasteiger partial charge is 0.395 e. The van der Waals surface area contributed by atoms with Gasteiger partial charge in [-0.2, -0.15) is 26.3 Å². The van der Waals surface area contributed by atoms with Crippen LogP contribution in [0.5, 0.6) is 0 Å². The highest BCUT2D eigenvalue weighted by Crippen LogP contribution is 2.45. The molecule has 0 radical (unpaired) electrons. The number of hydrogen-bond donors (Lipinski definition) is 0. The van der Waals surface area contributed by atoms with Gasteiger partial charge in [0.1, 0.15) is 0 Å². The maximum absolute atomic E-state index is 12.6. The first-order chi connectivity index (χ1) is 8.05. The van der Waals surface area contributed by atoms with Crippen LogP contribution in [0, 0.1) is 11.8 Å². The van der Waals surface area contributed by atoms with Gasteiger partial charge in [-0.25, -0.2) is 0 Å². The molecule has 1 rings (SSSR count). The third-order valence-electron chi connectivity index (χ3n) is 3.19. The van der Waals surface area contributed by atoms with Crippen molar-refractivity contribution in [2.45, 2.75) is 38.2 Å². The third kappa shape index (κ3) is 3.63. The van der Waals surface area contributed by atoms with Crippen molar-refractivity contribution in [3.63, 3.8) is 0 Å². The second-order valence-corrected chi connectivity index (χ2v) is 4.45. The van der Waals surface area contributed by atoms with Crippen molar-refractivity contribution < 1.29 is 31.1 Å². The Kier molecular flexibility index (Phi) is 4.35. The van der Waals surface area contributed by atoms with Crippen molar-refractivity contribution in [3.05, 3.63) is 11.6 Å². The van der Waals surface area contributed by atoms with Crippen LogP contribution in [0.2, 0.25) is 0 Å². The molecule has 0 aromatic heterocycles. The first kappa shape index (κ1) is 15.3. The van der Waals surface area contributed by atoms with Crippen molar-refractivity contribution in [1.29, 1.82) is 0 Å². The summed E-state index contributed by atoms with van der Waals surface area (Å²) < 4.78 is 80.4. The average molecular weight is 276 g/mol. The minimum Gasteiger partial charge on any atom is -0.377 e. The maximum Gasteiger partial charge on any atom is 0.395 e. The predicted molar refractivity (Wildman–Crippen MR) is 52.9 cm³/mol. The van der Waals surface area contributed by atoms with Gasteiger partial charge in [-0.05, 0) is 25.3 Å². The molecule has 18 heavy (non-hydrogen) atoms. The number of halogens is 6. The molecule has 0 amide bonds. The molecule has 0 heterocycles. The molecule has 106 valence electrons. The molecule has 3 unspecified atom stereocenters. The standard InChI is InChI=1S/C11H14F6O/c1-6(18-2)7-3-8(10(12,13)14)5-9(4-7)11(15,16)17/h3,6,8-9H,4-5H2,1-2H3. The van der Waals surface area contributed by atoms with Crippen LogP contribution < -0.4 is 0 Å². The van der Waals surface area contributed by atoms with Crippen molar-refractivity contribution >= 4 is 0 Å². The van der Waals surface area contributed by atoms with Crippen LogP contribution in [0.25, 0.3) is 0 Å². The van der Waals surface area contributed by atoms with E-state index in [0.717, 1.165) is 6.08 Å². The van der Waals surface area contributed by atoms with E-state index in [1.807, 2.05) is 0 Å². The highest BCUT2D eigenvalue weighted by Gasteiger charge is 2.49. The lowest BCUT2D eigenvalue weighted by Crippen LogP contribution is -2.35. The van der Waals surface area contributed by atoms with E-state index in [1.165, 1.54) is 14.0 Å². The second kappa shape index (κ2) is 5.11. The minimum atomic E-state index is -4.65. The quantitative estimate of drug-likeness (QED) is 0.545. The molecule has 3 atom stereocenters. The Morgan fingerprint density at radius 3 is 2.11 bits per heavy atom. The van der Waals surface area contributed by atoms with Gasteiger partial charge in [0.05, 0.1) is 17.9 Å². The Morgan fingerprint density at radius 2 is 1.72 bits per heavy atom. The molecule has 0 saturated heterocycles. The number of ether oxygens (including phenoxy) is 1. The molecule has 0 aromatic rings. The fourth-order valence-corrected chi connectivity index (χ4v) is 2.00. The fraction of sp³-hybridized carbons (Fsp3) is 0.818. The van der Waals surface area contributed by atoms with Crippen LogP contribution in [0.15, 0.2) is 11.6 Å². The van der Waals surface area contributed by atoms with Crippen LogP contribution in [0.4, 0.5) is 26.3 Å². The molecular weight excluding hydrogens is 262 g/mol. The van der Waals surface area contributed by atoms with Gasteiger partial charge in [0.15, 0.2) is 0 Å². The molecule has 1 aliphatic rings. The number of hydrogen-bond acceptors (Lipinski definition) is 1. The molecule has 0 aliphatic heterocycles. The van der Waals surface area contributed by atoms with Gasteiger partial charge in [-0.3, -0.25) is 0 Å². The summed E-state index contributed by atoms with van der Waals surface area (Å²) in [6.45, 7) is 1.44. The fourth-order valence-electron chi connectivity index (χ4n) is 2.00. The zero-order valence-electron chi connectivity index (χ0n) is 9.90. The lowest BCUT2D eigenvalue weighted by Gasteiger charge is -2.32. The molecular formula is C11H14F6O. The van der Waals surface area contributed by atoms with E-state index in [2.05, 4.69) is 0 Å². The summed E-state index contributed by atoms with van der Waals surface area (Å²) in [6, 6.07) is 0. The first-order valence-corrected chi connectivity index (χ1v) is 5.42. The topological polar surface area (TPSA) is 9.23 Å². The van der Waals surface area contributed by atoms with Crippen molar-refractivity contribution in [2.75, 3.05) is 7.11 Å². The highest BCUT2D eigenvalue weighted by molar-refractivity contribution is 5.16.